The summed E-state index contributed by atoms with van der Waals surface area (Å²) in [5.74, 6) is 0. The first kappa shape index (κ1) is 21.8. The molecule has 5 aromatic carbocycles. The number of benzene rings is 5. The first-order valence-corrected chi connectivity index (χ1v) is 13.2. The maximum absolute atomic E-state index is 9.37. The van der Waals surface area contributed by atoms with Gasteiger partial charge in [-0.3, -0.25) is 4.98 Å². The molecule has 2 aliphatic rings. The first-order valence-electron chi connectivity index (χ1n) is 13.2. The van der Waals surface area contributed by atoms with E-state index in [2.05, 4.69) is 126 Å². The highest BCUT2D eigenvalue weighted by Crippen LogP contribution is 2.62. The van der Waals surface area contributed by atoms with Crippen LogP contribution in [0.25, 0.3) is 44.6 Å². The van der Waals surface area contributed by atoms with Crippen LogP contribution < -0.4 is 0 Å². The van der Waals surface area contributed by atoms with Crippen LogP contribution >= 0.6 is 0 Å². The Hall–Kier alpha value is -5.26. The molecular weight excluding hydrogens is 472 g/mol. The summed E-state index contributed by atoms with van der Waals surface area (Å²) in [5.41, 5.74) is 15.0. The van der Waals surface area contributed by atoms with E-state index in [9.17, 15) is 5.26 Å². The molecule has 6 aromatic rings. The third-order valence-corrected chi connectivity index (χ3v) is 8.38. The molecule has 0 saturated carbocycles. The lowest BCUT2D eigenvalue weighted by Crippen LogP contribution is -2.25. The Morgan fingerprint density at radius 1 is 0.487 bits per heavy atom. The molecule has 0 N–H and O–H groups in total. The van der Waals surface area contributed by atoms with Gasteiger partial charge >= 0.3 is 0 Å². The van der Waals surface area contributed by atoms with Gasteiger partial charge in [-0.2, -0.15) is 5.26 Å². The number of hydrogen-bond acceptors (Lipinski definition) is 2. The summed E-state index contributed by atoms with van der Waals surface area (Å²) in [4.78, 5) is 4.53. The maximum atomic E-state index is 9.37. The molecule has 1 heterocycles. The van der Waals surface area contributed by atoms with Crippen LogP contribution in [-0.2, 0) is 5.41 Å². The lowest BCUT2D eigenvalue weighted by atomic mass is 9.70. The fraction of sp³-hybridized carbons (Fsp3) is 0.0270. The van der Waals surface area contributed by atoms with E-state index in [4.69, 9.17) is 0 Å². The zero-order valence-corrected chi connectivity index (χ0v) is 21.1. The van der Waals surface area contributed by atoms with Crippen molar-refractivity contribution in [3.05, 3.63) is 161 Å². The van der Waals surface area contributed by atoms with Gasteiger partial charge in [0.25, 0.3) is 0 Å². The molecule has 0 unspecified atom stereocenters. The highest BCUT2D eigenvalue weighted by molar-refractivity contribution is 5.95. The van der Waals surface area contributed by atoms with Gasteiger partial charge in [-0.1, -0.05) is 103 Å². The van der Waals surface area contributed by atoms with E-state index in [1.807, 2.05) is 6.07 Å². The second kappa shape index (κ2) is 8.12. The van der Waals surface area contributed by atoms with Gasteiger partial charge in [0.1, 0.15) is 0 Å². The normalized spacial score (nSPS) is 13.3. The molecule has 39 heavy (non-hydrogen) atoms. The summed E-state index contributed by atoms with van der Waals surface area (Å²) >= 11 is 0. The average Bonchev–Trinajstić information content (AvgIpc) is 3.48. The number of rotatable bonds is 2. The monoisotopic (exact) mass is 494 g/mol. The molecule has 0 atom stereocenters. The zero-order chi connectivity index (χ0) is 26.0. The van der Waals surface area contributed by atoms with Crippen molar-refractivity contribution in [3.63, 3.8) is 0 Å². The third kappa shape index (κ3) is 2.93. The van der Waals surface area contributed by atoms with Crippen molar-refractivity contribution in [2.45, 2.75) is 5.41 Å². The number of aromatic nitrogens is 1. The molecule has 1 spiro atoms. The van der Waals surface area contributed by atoms with Gasteiger partial charge < -0.3 is 0 Å². The van der Waals surface area contributed by atoms with Gasteiger partial charge in [0.2, 0.25) is 0 Å². The minimum atomic E-state index is -0.352. The van der Waals surface area contributed by atoms with Crippen molar-refractivity contribution >= 4 is 0 Å². The summed E-state index contributed by atoms with van der Waals surface area (Å²) < 4.78 is 0. The quantitative estimate of drug-likeness (QED) is 0.241. The molecule has 0 radical (unpaired) electrons. The van der Waals surface area contributed by atoms with E-state index < -0.39 is 0 Å². The maximum Gasteiger partial charge on any atom is 0.0992 e. The zero-order valence-electron chi connectivity index (χ0n) is 21.1. The molecule has 2 nitrogen and oxygen atoms in total. The lowest BCUT2D eigenvalue weighted by molar-refractivity contribution is 0.794. The topological polar surface area (TPSA) is 36.7 Å². The van der Waals surface area contributed by atoms with Crippen LogP contribution in [0.3, 0.4) is 0 Å². The van der Waals surface area contributed by atoms with E-state index in [0.29, 0.717) is 5.56 Å². The number of hydrogen-bond donors (Lipinski definition) is 0. The number of nitrogens with zero attached hydrogens (tertiary/aromatic N) is 2. The summed E-state index contributed by atoms with van der Waals surface area (Å²) in [6.07, 6.45) is 1.70. The molecule has 180 valence electrons. The molecule has 0 fully saturated rings. The van der Waals surface area contributed by atoms with E-state index in [-0.39, 0.29) is 5.41 Å². The number of fused-ring (bicyclic) bond motifs is 10. The van der Waals surface area contributed by atoms with Crippen LogP contribution in [0.4, 0.5) is 0 Å². The van der Waals surface area contributed by atoms with E-state index >= 15 is 0 Å². The largest absolute Gasteiger partial charge is 0.256 e. The van der Waals surface area contributed by atoms with Gasteiger partial charge in [0.05, 0.1) is 22.7 Å². The number of pyridine rings is 1. The van der Waals surface area contributed by atoms with Crippen molar-refractivity contribution in [2.24, 2.45) is 0 Å². The smallest absolute Gasteiger partial charge is 0.0992 e. The summed E-state index contributed by atoms with van der Waals surface area (Å²) in [5, 5.41) is 9.37. The van der Waals surface area contributed by atoms with Crippen LogP contribution in [0.2, 0.25) is 0 Å². The summed E-state index contributed by atoms with van der Waals surface area (Å²) in [6.45, 7) is 0. The second-order valence-corrected chi connectivity index (χ2v) is 10.3. The average molecular weight is 495 g/mol. The predicted molar refractivity (Wildman–Crippen MR) is 156 cm³/mol. The molecular formula is C37H22N2. The van der Waals surface area contributed by atoms with Crippen molar-refractivity contribution in [2.75, 3.05) is 0 Å². The minimum Gasteiger partial charge on any atom is -0.256 e. The number of nitriles is 1. The van der Waals surface area contributed by atoms with Gasteiger partial charge in [-0.15, -0.1) is 0 Å². The Labute approximate surface area is 227 Å². The van der Waals surface area contributed by atoms with E-state index in [1.54, 1.807) is 12.3 Å². The Morgan fingerprint density at radius 3 is 1.69 bits per heavy atom. The highest BCUT2D eigenvalue weighted by Gasteiger charge is 2.51. The standard InChI is InChI=1S/C37H22N2/c38-23-24-18-19-39-36(20-24)27-9-7-8-25(21-27)26-16-17-31-30-12-3-6-15-34(30)37(35(31)22-26)32-13-4-1-10-28(32)29-11-2-5-14-33(29)37/h1-22H. The Morgan fingerprint density at radius 2 is 1.05 bits per heavy atom. The van der Waals surface area contributed by atoms with Gasteiger partial charge in [-0.25, -0.2) is 0 Å². The first-order chi connectivity index (χ1) is 19.3. The third-order valence-electron chi connectivity index (χ3n) is 8.38. The van der Waals surface area contributed by atoms with Gasteiger partial charge in [0, 0.05) is 11.8 Å². The summed E-state index contributed by atoms with van der Waals surface area (Å²) in [7, 11) is 0. The summed E-state index contributed by atoms with van der Waals surface area (Å²) in [6, 6.07) is 47.9. The second-order valence-electron chi connectivity index (χ2n) is 10.3. The SMILES string of the molecule is N#Cc1ccnc(-c2cccc(-c3ccc4c(c3)C3(c5ccccc5-c5ccccc53)c3ccccc3-4)c2)c1. The molecule has 0 aliphatic heterocycles. The Balaban J connectivity index is 1.38. The van der Waals surface area contributed by atoms with Crippen LogP contribution in [-0.4, -0.2) is 4.98 Å². The Kier molecular flexibility index (Phi) is 4.54. The molecule has 0 amide bonds. The van der Waals surface area contributed by atoms with Crippen LogP contribution in [0.15, 0.2) is 134 Å². The lowest BCUT2D eigenvalue weighted by Gasteiger charge is -2.30. The fourth-order valence-corrected chi connectivity index (χ4v) is 6.79. The van der Waals surface area contributed by atoms with Crippen molar-refractivity contribution in [1.29, 1.82) is 5.26 Å². The fourth-order valence-electron chi connectivity index (χ4n) is 6.79. The highest BCUT2D eigenvalue weighted by atomic mass is 14.7. The van der Waals surface area contributed by atoms with E-state index in [1.165, 1.54) is 50.1 Å². The molecule has 0 saturated heterocycles. The van der Waals surface area contributed by atoms with Crippen molar-refractivity contribution < 1.29 is 0 Å². The molecule has 1 aromatic heterocycles. The molecule has 0 bridgehead atoms. The van der Waals surface area contributed by atoms with Crippen molar-refractivity contribution in [3.8, 4) is 50.7 Å². The van der Waals surface area contributed by atoms with Gasteiger partial charge in [0.15, 0.2) is 0 Å². The van der Waals surface area contributed by atoms with Crippen molar-refractivity contribution in [1.82, 2.24) is 4.98 Å². The molecule has 8 rings (SSSR count). The minimum absolute atomic E-state index is 0.352. The van der Waals surface area contributed by atoms with E-state index in [0.717, 1.165) is 16.8 Å². The molecule has 2 aliphatic carbocycles. The van der Waals surface area contributed by atoms with Crippen LogP contribution in [0, 0.1) is 11.3 Å². The predicted octanol–water partition coefficient (Wildman–Crippen LogP) is 8.63. The van der Waals surface area contributed by atoms with Gasteiger partial charge in [-0.05, 0) is 79.9 Å². The van der Waals surface area contributed by atoms with Crippen LogP contribution in [0.1, 0.15) is 27.8 Å². The van der Waals surface area contributed by atoms with Crippen LogP contribution in [0.5, 0.6) is 0 Å². The Bertz CT molecular complexity index is 1930. The molecule has 2 heteroatoms.